The molecule has 0 saturated heterocycles. The number of aromatic nitrogens is 3. The molecular formula is C46H27N3OS. The fraction of sp³-hybridized carbons (Fsp3) is 0. The molecule has 0 fully saturated rings. The van der Waals surface area contributed by atoms with Crippen LogP contribution < -0.4 is 0 Å². The third-order valence-corrected chi connectivity index (χ3v) is 11.2. The highest BCUT2D eigenvalue weighted by Gasteiger charge is 2.20. The van der Waals surface area contributed by atoms with E-state index in [0.717, 1.165) is 77.5 Å². The van der Waals surface area contributed by atoms with Crippen LogP contribution in [-0.2, 0) is 0 Å². The molecule has 51 heavy (non-hydrogen) atoms. The van der Waals surface area contributed by atoms with Gasteiger partial charge in [-0.25, -0.2) is 9.97 Å². The SMILES string of the molecule is c1ccc(-c2nc(-c3cccc(-n4c5ccccc5c5c6oc7ccccc7c6ccc54)c3)cc(-c3cccc4sc5ccccc5c34)n2)cc1. The molecule has 5 heteroatoms. The van der Waals surface area contributed by atoms with Crippen LogP contribution in [0.25, 0.3) is 104 Å². The molecule has 11 rings (SSSR count). The smallest absolute Gasteiger partial charge is 0.160 e. The second-order valence-corrected chi connectivity index (χ2v) is 14.0. The molecule has 0 amide bonds. The first-order valence-corrected chi connectivity index (χ1v) is 17.9. The van der Waals surface area contributed by atoms with Gasteiger partial charge in [0.1, 0.15) is 11.2 Å². The first kappa shape index (κ1) is 28.3. The molecule has 0 spiro atoms. The average molecular weight is 670 g/mol. The molecule has 0 atom stereocenters. The summed E-state index contributed by atoms with van der Waals surface area (Å²) in [5, 5.41) is 7.03. The number of furan rings is 1. The third-order valence-electron chi connectivity index (χ3n) is 10.0. The van der Waals surface area contributed by atoms with Gasteiger partial charge in [0.05, 0.1) is 27.8 Å². The van der Waals surface area contributed by atoms with Crippen LogP contribution in [0.5, 0.6) is 0 Å². The molecule has 4 nitrogen and oxygen atoms in total. The van der Waals surface area contributed by atoms with Crippen LogP contribution in [0.1, 0.15) is 0 Å². The number of thiophene rings is 1. The van der Waals surface area contributed by atoms with Gasteiger partial charge in [-0.15, -0.1) is 11.3 Å². The number of nitrogens with zero attached hydrogens (tertiary/aromatic N) is 3. The molecule has 0 bridgehead atoms. The van der Waals surface area contributed by atoms with Crippen LogP contribution in [0, 0.1) is 0 Å². The van der Waals surface area contributed by atoms with Gasteiger partial charge in [-0.3, -0.25) is 0 Å². The summed E-state index contributed by atoms with van der Waals surface area (Å²) in [5.74, 6) is 0.703. The van der Waals surface area contributed by atoms with E-state index in [1.54, 1.807) is 0 Å². The number of para-hydroxylation sites is 2. The summed E-state index contributed by atoms with van der Waals surface area (Å²) in [5.41, 5.74) is 10.00. The lowest BCUT2D eigenvalue weighted by atomic mass is 10.0. The Bertz CT molecular complexity index is 3150. The Hall–Kier alpha value is -6.56. The van der Waals surface area contributed by atoms with Crippen molar-refractivity contribution in [2.75, 3.05) is 0 Å². The van der Waals surface area contributed by atoms with E-state index in [4.69, 9.17) is 14.4 Å². The van der Waals surface area contributed by atoms with E-state index < -0.39 is 0 Å². The molecule has 0 saturated carbocycles. The van der Waals surface area contributed by atoms with E-state index in [9.17, 15) is 0 Å². The second-order valence-electron chi connectivity index (χ2n) is 12.9. The largest absolute Gasteiger partial charge is 0.455 e. The van der Waals surface area contributed by atoms with Crippen molar-refractivity contribution in [3.8, 4) is 39.6 Å². The average Bonchev–Trinajstić information content (AvgIpc) is 3.87. The minimum atomic E-state index is 0.703. The molecule has 0 N–H and O–H groups in total. The van der Waals surface area contributed by atoms with Crippen molar-refractivity contribution in [1.82, 2.24) is 14.5 Å². The van der Waals surface area contributed by atoms with Gasteiger partial charge in [0.2, 0.25) is 0 Å². The van der Waals surface area contributed by atoms with Crippen molar-refractivity contribution in [3.05, 3.63) is 164 Å². The fourth-order valence-electron chi connectivity index (χ4n) is 7.75. The molecule has 0 aliphatic heterocycles. The molecule has 7 aromatic carbocycles. The van der Waals surface area contributed by atoms with Gasteiger partial charge in [-0.2, -0.15) is 0 Å². The number of hydrogen-bond acceptors (Lipinski definition) is 4. The maximum Gasteiger partial charge on any atom is 0.160 e. The number of hydrogen-bond donors (Lipinski definition) is 0. The molecular weight excluding hydrogens is 643 g/mol. The summed E-state index contributed by atoms with van der Waals surface area (Å²) >= 11 is 1.82. The predicted molar refractivity (Wildman–Crippen MR) is 213 cm³/mol. The quantitative estimate of drug-likeness (QED) is 0.187. The number of fused-ring (bicyclic) bond motifs is 10. The van der Waals surface area contributed by atoms with Crippen LogP contribution in [-0.4, -0.2) is 14.5 Å². The van der Waals surface area contributed by atoms with Crippen molar-refractivity contribution in [3.63, 3.8) is 0 Å². The Labute approximate surface area is 296 Å². The van der Waals surface area contributed by atoms with Gasteiger partial charge >= 0.3 is 0 Å². The van der Waals surface area contributed by atoms with Crippen molar-refractivity contribution in [2.24, 2.45) is 0 Å². The molecule has 4 aromatic heterocycles. The standard InChI is InChI=1S/C46H27N3OS/c1-2-12-28(13-3-1)46-47-36(27-37(48-46)33-19-11-23-42-43(33)35-18-6-9-22-41(35)51-42)29-14-10-15-30(26-29)49-38-20-7-4-17-34(38)44-39(49)25-24-32-31-16-5-8-21-40(31)50-45(32)44/h1-27H. The molecule has 0 radical (unpaired) electrons. The van der Waals surface area contributed by atoms with Crippen molar-refractivity contribution >= 4 is 75.3 Å². The Morgan fingerprint density at radius 1 is 0.471 bits per heavy atom. The highest BCUT2D eigenvalue weighted by molar-refractivity contribution is 7.25. The Morgan fingerprint density at radius 2 is 1.20 bits per heavy atom. The zero-order valence-corrected chi connectivity index (χ0v) is 28.1. The lowest BCUT2D eigenvalue weighted by Crippen LogP contribution is -1.98. The Kier molecular flexibility index (Phi) is 6.09. The van der Waals surface area contributed by atoms with E-state index in [0.29, 0.717) is 5.82 Å². The zero-order chi connectivity index (χ0) is 33.5. The fourth-order valence-corrected chi connectivity index (χ4v) is 8.89. The first-order chi connectivity index (χ1) is 25.3. The van der Waals surface area contributed by atoms with Crippen LogP contribution in [0.4, 0.5) is 0 Å². The second kappa shape index (κ2) is 11.0. The molecule has 0 unspecified atom stereocenters. The van der Waals surface area contributed by atoms with Crippen molar-refractivity contribution < 1.29 is 4.42 Å². The zero-order valence-electron chi connectivity index (χ0n) is 27.2. The summed E-state index contributed by atoms with van der Waals surface area (Å²) in [6.07, 6.45) is 0. The highest BCUT2D eigenvalue weighted by atomic mass is 32.1. The van der Waals surface area contributed by atoms with E-state index in [-0.39, 0.29) is 0 Å². The van der Waals surface area contributed by atoms with E-state index >= 15 is 0 Å². The van der Waals surface area contributed by atoms with Crippen molar-refractivity contribution in [1.29, 1.82) is 0 Å². The minimum absolute atomic E-state index is 0.703. The van der Waals surface area contributed by atoms with Gasteiger partial charge < -0.3 is 8.98 Å². The van der Waals surface area contributed by atoms with Gasteiger partial charge in [0, 0.05) is 58.7 Å². The van der Waals surface area contributed by atoms with Gasteiger partial charge in [0.25, 0.3) is 0 Å². The summed E-state index contributed by atoms with van der Waals surface area (Å²) in [6.45, 7) is 0. The van der Waals surface area contributed by atoms with Crippen LogP contribution in [0.3, 0.4) is 0 Å². The van der Waals surface area contributed by atoms with E-state index in [2.05, 4.69) is 138 Å². The summed E-state index contributed by atoms with van der Waals surface area (Å²) in [7, 11) is 0. The Morgan fingerprint density at radius 3 is 2.12 bits per heavy atom. The summed E-state index contributed by atoms with van der Waals surface area (Å²) in [6, 6.07) is 57.6. The normalized spacial score (nSPS) is 11.9. The minimum Gasteiger partial charge on any atom is -0.455 e. The van der Waals surface area contributed by atoms with Crippen molar-refractivity contribution in [2.45, 2.75) is 0 Å². The topological polar surface area (TPSA) is 43.9 Å². The van der Waals surface area contributed by atoms with E-state index in [1.807, 2.05) is 41.7 Å². The van der Waals surface area contributed by atoms with Gasteiger partial charge in [0.15, 0.2) is 5.82 Å². The first-order valence-electron chi connectivity index (χ1n) is 17.1. The molecule has 238 valence electrons. The predicted octanol–water partition coefficient (Wildman–Crippen LogP) is 12.8. The van der Waals surface area contributed by atoms with Crippen LogP contribution >= 0.6 is 11.3 Å². The monoisotopic (exact) mass is 669 g/mol. The molecule has 0 aliphatic carbocycles. The Balaban J connectivity index is 1.14. The maximum absolute atomic E-state index is 6.55. The molecule has 4 heterocycles. The summed E-state index contributed by atoms with van der Waals surface area (Å²) in [4.78, 5) is 10.4. The van der Waals surface area contributed by atoms with E-state index in [1.165, 1.54) is 20.2 Å². The van der Waals surface area contributed by atoms with Gasteiger partial charge in [-0.05, 0) is 54.6 Å². The summed E-state index contributed by atoms with van der Waals surface area (Å²) < 4.78 is 11.4. The number of rotatable bonds is 4. The molecule has 0 aliphatic rings. The van der Waals surface area contributed by atoms with Crippen LogP contribution in [0.15, 0.2) is 168 Å². The highest BCUT2D eigenvalue weighted by Crippen LogP contribution is 2.42. The lowest BCUT2D eigenvalue weighted by Gasteiger charge is -2.13. The lowest BCUT2D eigenvalue weighted by molar-refractivity contribution is 0.673. The number of benzene rings is 7. The molecule has 11 aromatic rings. The van der Waals surface area contributed by atoms with Gasteiger partial charge in [-0.1, -0.05) is 109 Å². The maximum atomic E-state index is 6.55. The van der Waals surface area contributed by atoms with Crippen LogP contribution in [0.2, 0.25) is 0 Å². The third kappa shape index (κ3) is 4.32.